The van der Waals surface area contributed by atoms with Crippen molar-refractivity contribution in [3.05, 3.63) is 72.4 Å². The average molecular weight is 541 g/mol. The van der Waals surface area contributed by atoms with Crippen molar-refractivity contribution in [2.45, 2.75) is 19.9 Å². The molecule has 0 unspecified atom stereocenters. The van der Waals surface area contributed by atoms with E-state index in [4.69, 9.17) is 23.7 Å². The molecule has 1 N–H and O–H groups in total. The summed E-state index contributed by atoms with van der Waals surface area (Å²) >= 11 is 1.17. The van der Waals surface area contributed by atoms with E-state index in [1.165, 1.54) is 37.2 Å². The SMILES string of the molecule is CCOC(=O)C1=C(C)N=c2s/c(=C/c3cc(OC)c(O)c(OC)c3)c(=O)n2[C@@H]1c1ccc(OC)cc1OC. The normalized spacial score (nSPS) is 15.0. The molecule has 1 atom stereocenters. The van der Waals surface area contributed by atoms with E-state index < -0.39 is 12.0 Å². The molecule has 0 radical (unpaired) electrons. The quantitative estimate of drug-likeness (QED) is 0.433. The Morgan fingerprint density at radius 3 is 2.29 bits per heavy atom. The lowest BCUT2D eigenvalue weighted by Crippen LogP contribution is -2.40. The highest BCUT2D eigenvalue weighted by atomic mass is 32.1. The van der Waals surface area contributed by atoms with Crippen LogP contribution >= 0.6 is 11.3 Å². The Balaban J connectivity index is 1.99. The minimum Gasteiger partial charge on any atom is -0.502 e. The Morgan fingerprint density at radius 2 is 1.71 bits per heavy atom. The van der Waals surface area contributed by atoms with Crippen molar-refractivity contribution in [2.75, 3.05) is 35.0 Å². The molecule has 1 aliphatic rings. The summed E-state index contributed by atoms with van der Waals surface area (Å²) in [6, 6.07) is 7.52. The van der Waals surface area contributed by atoms with Crippen LogP contribution in [0.1, 0.15) is 31.0 Å². The van der Waals surface area contributed by atoms with Crippen LogP contribution in [0.2, 0.25) is 0 Å². The summed E-state index contributed by atoms with van der Waals surface area (Å²) in [4.78, 5) is 32.0. The molecule has 2 aromatic carbocycles. The fourth-order valence-electron chi connectivity index (χ4n) is 4.28. The van der Waals surface area contributed by atoms with E-state index in [0.717, 1.165) is 0 Å². The van der Waals surface area contributed by atoms with E-state index in [9.17, 15) is 14.7 Å². The van der Waals surface area contributed by atoms with Crippen LogP contribution in [0.25, 0.3) is 6.08 Å². The summed E-state index contributed by atoms with van der Waals surface area (Å²) < 4.78 is 28.6. The van der Waals surface area contributed by atoms with E-state index in [2.05, 4.69) is 4.99 Å². The number of nitrogens with zero attached hydrogens (tertiary/aromatic N) is 2. The highest BCUT2D eigenvalue weighted by molar-refractivity contribution is 7.07. The molecule has 1 aliphatic heterocycles. The second-order valence-electron chi connectivity index (χ2n) is 8.18. The Labute approximate surface area is 222 Å². The van der Waals surface area contributed by atoms with E-state index in [1.54, 1.807) is 57.4 Å². The minimum atomic E-state index is -0.850. The van der Waals surface area contributed by atoms with Crippen molar-refractivity contribution in [2.24, 2.45) is 4.99 Å². The summed E-state index contributed by atoms with van der Waals surface area (Å²) in [5.74, 6) is 0.684. The molecule has 0 saturated heterocycles. The van der Waals surface area contributed by atoms with Crippen molar-refractivity contribution >= 4 is 23.4 Å². The number of methoxy groups -OCH3 is 4. The predicted molar refractivity (Wildman–Crippen MR) is 141 cm³/mol. The van der Waals surface area contributed by atoms with Gasteiger partial charge in [-0.2, -0.15) is 0 Å². The third-order valence-corrected chi connectivity index (χ3v) is 7.04. The predicted octanol–water partition coefficient (Wildman–Crippen LogP) is 2.54. The molecule has 0 bridgehead atoms. The minimum absolute atomic E-state index is 0.144. The van der Waals surface area contributed by atoms with Gasteiger partial charge in [0.2, 0.25) is 5.75 Å². The van der Waals surface area contributed by atoms with Gasteiger partial charge in [-0.05, 0) is 49.8 Å². The molecule has 0 fully saturated rings. The molecule has 0 saturated carbocycles. The third kappa shape index (κ3) is 4.72. The van der Waals surface area contributed by atoms with Gasteiger partial charge in [-0.15, -0.1) is 0 Å². The fourth-order valence-corrected chi connectivity index (χ4v) is 5.33. The number of thiazole rings is 1. The molecule has 200 valence electrons. The lowest BCUT2D eigenvalue weighted by molar-refractivity contribution is -0.139. The number of hydrogen-bond donors (Lipinski definition) is 1. The summed E-state index contributed by atoms with van der Waals surface area (Å²) in [5.41, 5.74) is 1.46. The number of aromatic hydroxyl groups is 1. The molecule has 0 spiro atoms. The molecule has 3 aromatic rings. The van der Waals surface area contributed by atoms with Gasteiger partial charge in [0.05, 0.1) is 50.8 Å². The molecular formula is C27H28N2O8S. The van der Waals surface area contributed by atoms with Gasteiger partial charge in [0.15, 0.2) is 16.3 Å². The standard InChI is InChI=1S/C27H28N2O8S/c1-7-37-26(32)22-14(2)28-27-29(23(22)17-9-8-16(33-3)13-18(17)34-4)25(31)21(38-27)12-15-10-19(35-5)24(30)20(11-15)36-6/h8-13,23,30H,7H2,1-6H3/b21-12+/t23-/m1/s1. The van der Waals surface area contributed by atoms with Crippen LogP contribution < -0.4 is 33.8 Å². The fraction of sp³-hybridized carbons (Fsp3) is 0.296. The van der Waals surface area contributed by atoms with Gasteiger partial charge in [0.1, 0.15) is 17.5 Å². The maximum absolute atomic E-state index is 13.9. The monoisotopic (exact) mass is 540 g/mol. The van der Waals surface area contributed by atoms with Crippen molar-refractivity contribution in [1.29, 1.82) is 0 Å². The molecular weight excluding hydrogens is 512 g/mol. The molecule has 4 rings (SSSR count). The smallest absolute Gasteiger partial charge is 0.338 e. The number of phenols is 1. The number of esters is 1. The van der Waals surface area contributed by atoms with Gasteiger partial charge in [0, 0.05) is 11.6 Å². The first-order valence-electron chi connectivity index (χ1n) is 11.6. The van der Waals surface area contributed by atoms with E-state index in [-0.39, 0.29) is 35.0 Å². The van der Waals surface area contributed by atoms with Gasteiger partial charge >= 0.3 is 5.97 Å². The first kappa shape index (κ1) is 26.8. The van der Waals surface area contributed by atoms with Gasteiger partial charge in [-0.3, -0.25) is 9.36 Å². The maximum Gasteiger partial charge on any atom is 0.338 e. The first-order valence-corrected chi connectivity index (χ1v) is 12.5. The van der Waals surface area contributed by atoms with Crippen LogP contribution in [0.5, 0.6) is 28.7 Å². The van der Waals surface area contributed by atoms with Gasteiger partial charge in [-0.25, -0.2) is 9.79 Å². The number of allylic oxidation sites excluding steroid dienone is 1. The van der Waals surface area contributed by atoms with Gasteiger partial charge in [-0.1, -0.05) is 11.3 Å². The largest absolute Gasteiger partial charge is 0.502 e. The van der Waals surface area contributed by atoms with Crippen LogP contribution in [0, 0.1) is 0 Å². The topological polar surface area (TPSA) is 118 Å². The van der Waals surface area contributed by atoms with Crippen LogP contribution in [-0.2, 0) is 9.53 Å². The Hall–Kier alpha value is -4.25. The molecule has 11 heteroatoms. The number of aromatic nitrogens is 1. The maximum atomic E-state index is 13.9. The summed E-state index contributed by atoms with van der Waals surface area (Å²) in [6.45, 7) is 3.59. The highest BCUT2D eigenvalue weighted by Crippen LogP contribution is 2.38. The number of hydrogen-bond acceptors (Lipinski definition) is 10. The molecule has 38 heavy (non-hydrogen) atoms. The number of carbonyl (C=O) groups excluding carboxylic acids is 1. The van der Waals surface area contributed by atoms with Gasteiger partial charge in [0.25, 0.3) is 5.56 Å². The number of fused-ring (bicyclic) bond motifs is 1. The molecule has 1 aromatic heterocycles. The zero-order valence-electron chi connectivity index (χ0n) is 21.9. The van der Waals surface area contributed by atoms with Crippen LogP contribution in [0.3, 0.4) is 0 Å². The van der Waals surface area contributed by atoms with Crippen LogP contribution in [0.4, 0.5) is 0 Å². The van der Waals surface area contributed by atoms with E-state index >= 15 is 0 Å². The zero-order chi connectivity index (χ0) is 27.6. The summed E-state index contributed by atoms with van der Waals surface area (Å²) in [6.07, 6.45) is 1.65. The Kier molecular flexibility index (Phi) is 7.77. The number of phenolic OH excluding ortho intramolecular Hbond substituents is 1. The lowest BCUT2D eigenvalue weighted by Gasteiger charge is -2.26. The van der Waals surface area contributed by atoms with E-state index in [0.29, 0.717) is 37.7 Å². The van der Waals surface area contributed by atoms with Crippen LogP contribution in [-0.4, -0.2) is 50.7 Å². The molecule has 10 nitrogen and oxygen atoms in total. The number of benzene rings is 2. The number of rotatable bonds is 8. The molecule has 0 amide bonds. The second kappa shape index (κ2) is 11.0. The zero-order valence-corrected chi connectivity index (χ0v) is 22.7. The van der Waals surface area contributed by atoms with Crippen LogP contribution in [0.15, 0.2) is 51.4 Å². The van der Waals surface area contributed by atoms with Gasteiger partial charge < -0.3 is 28.8 Å². The number of ether oxygens (including phenoxy) is 5. The van der Waals surface area contributed by atoms with Crippen molar-refractivity contribution in [3.8, 4) is 28.7 Å². The van der Waals surface area contributed by atoms with Crippen molar-refractivity contribution in [3.63, 3.8) is 0 Å². The highest BCUT2D eigenvalue weighted by Gasteiger charge is 2.35. The average Bonchev–Trinajstić information content (AvgIpc) is 3.22. The van der Waals surface area contributed by atoms with Crippen molar-refractivity contribution < 1.29 is 33.6 Å². The third-order valence-electron chi connectivity index (χ3n) is 6.05. The Bertz CT molecular complexity index is 1580. The Morgan fingerprint density at radius 1 is 1.05 bits per heavy atom. The number of carbonyl (C=O) groups is 1. The summed E-state index contributed by atoms with van der Waals surface area (Å²) in [5, 5.41) is 10.3. The molecule has 0 aliphatic carbocycles. The molecule has 2 heterocycles. The summed E-state index contributed by atoms with van der Waals surface area (Å²) in [7, 11) is 5.90. The lowest BCUT2D eigenvalue weighted by atomic mass is 9.95. The first-order chi connectivity index (χ1) is 18.3. The van der Waals surface area contributed by atoms with Crippen molar-refractivity contribution in [1.82, 2.24) is 4.57 Å². The second-order valence-corrected chi connectivity index (χ2v) is 9.19. The van der Waals surface area contributed by atoms with E-state index in [1.807, 2.05) is 0 Å².